The maximum Gasteiger partial charge on any atom is 0.123 e. The number of hydrogen-bond donors (Lipinski definition) is 1. The lowest BCUT2D eigenvalue weighted by Gasteiger charge is -1.96. The zero-order valence-electron chi connectivity index (χ0n) is 5.58. The van der Waals surface area contributed by atoms with Crippen LogP contribution in [0.4, 0.5) is 0 Å². The van der Waals surface area contributed by atoms with Gasteiger partial charge in [0.05, 0.1) is 6.10 Å². The van der Waals surface area contributed by atoms with Crippen molar-refractivity contribution in [2.45, 2.75) is 25.9 Å². The molecule has 2 nitrogen and oxygen atoms in total. The zero-order valence-corrected chi connectivity index (χ0v) is 5.58. The lowest BCUT2D eigenvalue weighted by atomic mass is 10.2. The van der Waals surface area contributed by atoms with Crippen LogP contribution in [0.1, 0.15) is 19.8 Å². The van der Waals surface area contributed by atoms with E-state index in [2.05, 4.69) is 0 Å². The van der Waals surface area contributed by atoms with E-state index in [0.717, 1.165) is 6.29 Å². The molecule has 0 rings (SSSR count). The summed E-state index contributed by atoms with van der Waals surface area (Å²) in [4.78, 5) is 9.74. The fourth-order valence-corrected chi connectivity index (χ4v) is 0.427. The number of carbonyl (C=O) groups is 1. The van der Waals surface area contributed by atoms with Crippen LogP contribution >= 0.6 is 0 Å². The third kappa shape index (κ3) is 5.24. The van der Waals surface area contributed by atoms with Crippen molar-refractivity contribution in [3.05, 3.63) is 12.2 Å². The predicted octanol–water partition coefficient (Wildman–Crippen LogP) is 0.902. The van der Waals surface area contributed by atoms with Crippen LogP contribution in [-0.4, -0.2) is 17.5 Å². The first-order chi connectivity index (χ1) is 4.31. The van der Waals surface area contributed by atoms with Crippen molar-refractivity contribution in [2.75, 3.05) is 0 Å². The predicted molar refractivity (Wildman–Crippen MR) is 36.1 cm³/mol. The highest BCUT2D eigenvalue weighted by molar-refractivity contribution is 5.51. The van der Waals surface area contributed by atoms with Crippen molar-refractivity contribution in [3.63, 3.8) is 0 Å². The van der Waals surface area contributed by atoms with Gasteiger partial charge in [-0.1, -0.05) is 19.1 Å². The minimum atomic E-state index is -0.384. The molecule has 0 saturated heterocycles. The van der Waals surface area contributed by atoms with E-state index in [1.54, 1.807) is 12.2 Å². The van der Waals surface area contributed by atoms with Crippen LogP contribution in [0.5, 0.6) is 0 Å². The quantitative estimate of drug-likeness (QED) is 0.451. The SMILES string of the molecule is CCC(O)C=CCC=O. The lowest BCUT2D eigenvalue weighted by molar-refractivity contribution is -0.107. The summed E-state index contributed by atoms with van der Waals surface area (Å²) in [5, 5.41) is 8.88. The zero-order chi connectivity index (χ0) is 7.11. The number of aliphatic hydroxyl groups excluding tert-OH is 1. The third-order valence-electron chi connectivity index (χ3n) is 1.01. The van der Waals surface area contributed by atoms with Gasteiger partial charge in [-0.2, -0.15) is 0 Å². The summed E-state index contributed by atoms with van der Waals surface area (Å²) < 4.78 is 0. The molecule has 0 aliphatic heterocycles. The van der Waals surface area contributed by atoms with Gasteiger partial charge in [-0.05, 0) is 6.42 Å². The molecule has 1 N–H and O–H groups in total. The van der Waals surface area contributed by atoms with Crippen molar-refractivity contribution in [3.8, 4) is 0 Å². The molecule has 52 valence electrons. The van der Waals surface area contributed by atoms with Crippen molar-refractivity contribution in [1.82, 2.24) is 0 Å². The molecule has 9 heavy (non-hydrogen) atoms. The maximum atomic E-state index is 9.74. The van der Waals surface area contributed by atoms with Crippen LogP contribution in [0.2, 0.25) is 0 Å². The van der Waals surface area contributed by atoms with E-state index in [1.807, 2.05) is 6.92 Å². The molecular formula is C7H12O2. The van der Waals surface area contributed by atoms with Crippen molar-refractivity contribution < 1.29 is 9.90 Å². The van der Waals surface area contributed by atoms with E-state index in [1.165, 1.54) is 0 Å². The Morgan fingerprint density at radius 1 is 1.67 bits per heavy atom. The van der Waals surface area contributed by atoms with Gasteiger partial charge in [0.25, 0.3) is 0 Å². The molecule has 0 saturated carbocycles. The van der Waals surface area contributed by atoms with Crippen LogP contribution in [-0.2, 0) is 4.79 Å². The normalized spacial score (nSPS) is 14.0. The number of allylic oxidation sites excluding steroid dienone is 1. The summed E-state index contributed by atoms with van der Waals surface area (Å²) in [7, 11) is 0. The Balaban J connectivity index is 3.31. The standard InChI is InChI=1S/C7H12O2/c1-2-7(9)5-3-4-6-8/h3,5-7,9H,2,4H2,1H3. The molecule has 2 heteroatoms. The van der Waals surface area contributed by atoms with Gasteiger partial charge in [0.15, 0.2) is 0 Å². The molecule has 0 bridgehead atoms. The molecule has 0 fully saturated rings. The minimum Gasteiger partial charge on any atom is -0.389 e. The number of hydrogen-bond acceptors (Lipinski definition) is 2. The topological polar surface area (TPSA) is 37.3 Å². The van der Waals surface area contributed by atoms with Gasteiger partial charge in [-0.25, -0.2) is 0 Å². The Hall–Kier alpha value is -0.630. The van der Waals surface area contributed by atoms with Gasteiger partial charge in [0.2, 0.25) is 0 Å². The second-order valence-electron chi connectivity index (χ2n) is 1.81. The molecule has 0 spiro atoms. The molecule has 0 heterocycles. The van der Waals surface area contributed by atoms with E-state index < -0.39 is 0 Å². The Kier molecular flexibility index (Phi) is 5.12. The lowest BCUT2D eigenvalue weighted by Crippen LogP contribution is -1.97. The summed E-state index contributed by atoms with van der Waals surface area (Å²) in [5.74, 6) is 0. The highest BCUT2D eigenvalue weighted by atomic mass is 16.3. The largest absolute Gasteiger partial charge is 0.389 e. The van der Waals surface area contributed by atoms with Crippen LogP contribution < -0.4 is 0 Å². The smallest absolute Gasteiger partial charge is 0.123 e. The van der Waals surface area contributed by atoms with Crippen LogP contribution in [0.3, 0.4) is 0 Å². The number of aliphatic hydroxyl groups is 1. The van der Waals surface area contributed by atoms with Gasteiger partial charge < -0.3 is 9.90 Å². The second-order valence-corrected chi connectivity index (χ2v) is 1.81. The highest BCUT2D eigenvalue weighted by Gasteiger charge is 1.89. The van der Waals surface area contributed by atoms with Gasteiger partial charge in [-0.15, -0.1) is 0 Å². The van der Waals surface area contributed by atoms with Crippen molar-refractivity contribution >= 4 is 6.29 Å². The molecule has 0 aromatic carbocycles. The second kappa shape index (κ2) is 5.51. The van der Waals surface area contributed by atoms with Gasteiger partial charge in [0.1, 0.15) is 6.29 Å². The number of aldehydes is 1. The Bertz CT molecular complexity index is 97.1. The first-order valence-electron chi connectivity index (χ1n) is 3.09. The average Bonchev–Trinajstić information content (AvgIpc) is 1.89. The molecule has 0 aliphatic rings. The fraction of sp³-hybridized carbons (Fsp3) is 0.571. The molecule has 0 aliphatic carbocycles. The fourth-order valence-electron chi connectivity index (χ4n) is 0.427. The monoisotopic (exact) mass is 128 g/mol. The molecule has 1 unspecified atom stereocenters. The highest BCUT2D eigenvalue weighted by Crippen LogP contribution is 1.91. The van der Waals surface area contributed by atoms with E-state index in [0.29, 0.717) is 12.8 Å². The van der Waals surface area contributed by atoms with E-state index >= 15 is 0 Å². The van der Waals surface area contributed by atoms with Crippen LogP contribution in [0.15, 0.2) is 12.2 Å². The van der Waals surface area contributed by atoms with Crippen molar-refractivity contribution in [2.24, 2.45) is 0 Å². The molecule has 1 atom stereocenters. The van der Waals surface area contributed by atoms with Gasteiger partial charge in [0, 0.05) is 6.42 Å². The summed E-state index contributed by atoms with van der Waals surface area (Å²) in [6, 6.07) is 0. The molecule has 0 amide bonds. The van der Waals surface area contributed by atoms with E-state index in [9.17, 15) is 4.79 Å². The Labute approximate surface area is 55.2 Å². The molecule has 0 radical (unpaired) electrons. The summed E-state index contributed by atoms with van der Waals surface area (Å²) in [6.45, 7) is 1.88. The molecule has 0 aromatic rings. The number of carbonyl (C=O) groups excluding carboxylic acids is 1. The first kappa shape index (κ1) is 8.37. The Morgan fingerprint density at radius 2 is 2.33 bits per heavy atom. The third-order valence-corrected chi connectivity index (χ3v) is 1.01. The summed E-state index contributed by atoms with van der Waals surface area (Å²) in [5.41, 5.74) is 0. The summed E-state index contributed by atoms with van der Waals surface area (Å²) in [6.07, 6.45) is 4.82. The van der Waals surface area contributed by atoms with E-state index in [-0.39, 0.29) is 6.10 Å². The summed E-state index contributed by atoms with van der Waals surface area (Å²) >= 11 is 0. The number of rotatable bonds is 4. The first-order valence-corrected chi connectivity index (χ1v) is 3.09. The van der Waals surface area contributed by atoms with Crippen molar-refractivity contribution in [1.29, 1.82) is 0 Å². The van der Waals surface area contributed by atoms with Gasteiger partial charge >= 0.3 is 0 Å². The Morgan fingerprint density at radius 3 is 2.78 bits per heavy atom. The van der Waals surface area contributed by atoms with Crippen LogP contribution in [0.25, 0.3) is 0 Å². The minimum absolute atomic E-state index is 0.384. The maximum absolute atomic E-state index is 9.74. The molecule has 0 aromatic heterocycles. The van der Waals surface area contributed by atoms with Gasteiger partial charge in [-0.3, -0.25) is 0 Å². The molecular weight excluding hydrogens is 116 g/mol. The van der Waals surface area contributed by atoms with Crippen LogP contribution in [0, 0.1) is 0 Å². The average molecular weight is 128 g/mol. The van der Waals surface area contributed by atoms with E-state index in [4.69, 9.17) is 5.11 Å².